The van der Waals surface area contributed by atoms with E-state index in [0.29, 0.717) is 38.4 Å². The first-order valence-corrected chi connectivity index (χ1v) is 12.9. The van der Waals surface area contributed by atoms with Gasteiger partial charge in [0.1, 0.15) is 5.76 Å². The number of likely N-dealkylation sites (tertiary alicyclic amines) is 1. The Morgan fingerprint density at radius 3 is 2.44 bits per heavy atom. The summed E-state index contributed by atoms with van der Waals surface area (Å²) in [5, 5.41) is 13.8. The highest BCUT2D eigenvalue weighted by Gasteiger charge is 2.43. The number of hydrogen-bond acceptors (Lipinski definition) is 7. The molecule has 0 spiro atoms. The molecule has 2 saturated heterocycles. The second kappa shape index (κ2) is 11.2. The molecule has 8 nitrogen and oxygen atoms in total. The molecule has 0 unspecified atom stereocenters. The van der Waals surface area contributed by atoms with Gasteiger partial charge >= 0.3 is 0 Å². The van der Waals surface area contributed by atoms with Crippen molar-refractivity contribution in [3.8, 4) is 5.75 Å². The lowest BCUT2D eigenvalue weighted by atomic mass is 9.72. The predicted molar refractivity (Wildman–Crippen MR) is 138 cm³/mol. The molecule has 36 heavy (non-hydrogen) atoms. The minimum atomic E-state index is -0.740. The maximum atomic E-state index is 13.3. The Kier molecular flexibility index (Phi) is 8.17. The minimum absolute atomic E-state index is 0.101. The van der Waals surface area contributed by atoms with Crippen LogP contribution in [0.25, 0.3) is 0 Å². The average Bonchev–Trinajstić information content (AvgIpc) is 2.87. The Balaban J connectivity index is 1.49. The lowest BCUT2D eigenvalue weighted by molar-refractivity contribution is -0.124. The number of piperidine rings is 1. The summed E-state index contributed by atoms with van der Waals surface area (Å²) in [6, 6.07) is 11.6. The molecular formula is C28H39N3O5. The van der Waals surface area contributed by atoms with Gasteiger partial charge in [-0.15, -0.1) is 0 Å². The van der Waals surface area contributed by atoms with Crippen LogP contribution >= 0.6 is 0 Å². The van der Waals surface area contributed by atoms with Gasteiger partial charge in [-0.2, -0.15) is 0 Å². The standard InChI is InChI=1S/C28H39N3O5/c1-21-17-23(32)25(34)26(36-21)28(9-11-30(12-10-28)19-22-7-5-4-6-8-22)18-24(33)29-20-27(2,3)31-13-15-35-16-14-31/h4-8,17,34H,9-16,18-20H2,1-3H3,(H,29,33). The monoisotopic (exact) mass is 497 g/mol. The molecule has 2 aliphatic heterocycles. The average molecular weight is 498 g/mol. The maximum absolute atomic E-state index is 13.3. The van der Waals surface area contributed by atoms with Crippen LogP contribution in [0.5, 0.6) is 5.75 Å². The smallest absolute Gasteiger partial charge is 0.227 e. The third kappa shape index (κ3) is 6.17. The van der Waals surface area contributed by atoms with Gasteiger partial charge in [0.2, 0.25) is 17.1 Å². The summed E-state index contributed by atoms with van der Waals surface area (Å²) in [5.41, 5.74) is -0.175. The maximum Gasteiger partial charge on any atom is 0.227 e. The zero-order chi connectivity index (χ0) is 25.8. The molecule has 2 N–H and O–H groups in total. The fourth-order valence-electron chi connectivity index (χ4n) is 5.39. The molecule has 2 aliphatic rings. The number of benzene rings is 1. The molecular weight excluding hydrogens is 458 g/mol. The van der Waals surface area contributed by atoms with Gasteiger partial charge in [0.05, 0.1) is 13.2 Å². The number of nitrogens with one attached hydrogen (secondary N) is 1. The Hall–Kier alpha value is -2.68. The van der Waals surface area contributed by atoms with E-state index in [1.807, 2.05) is 18.2 Å². The van der Waals surface area contributed by atoms with Crippen LogP contribution in [0.15, 0.2) is 45.6 Å². The van der Waals surface area contributed by atoms with Crippen molar-refractivity contribution in [3.63, 3.8) is 0 Å². The Labute approximate surface area is 213 Å². The molecule has 0 bridgehead atoms. The fraction of sp³-hybridized carbons (Fsp3) is 0.571. The largest absolute Gasteiger partial charge is 0.502 e. The highest BCUT2D eigenvalue weighted by atomic mass is 16.5. The third-order valence-electron chi connectivity index (χ3n) is 7.67. The Bertz CT molecular complexity index is 1080. The summed E-state index contributed by atoms with van der Waals surface area (Å²) in [6.07, 6.45) is 1.38. The second-order valence-electron chi connectivity index (χ2n) is 10.8. The molecule has 8 heteroatoms. The molecule has 4 rings (SSSR count). The Morgan fingerprint density at radius 2 is 1.78 bits per heavy atom. The number of aromatic hydroxyl groups is 1. The topological polar surface area (TPSA) is 95.2 Å². The summed E-state index contributed by atoms with van der Waals surface area (Å²) in [5.74, 6) is 0.206. The normalized spacial score (nSPS) is 19.2. The van der Waals surface area contributed by atoms with Gasteiger partial charge in [0.25, 0.3) is 0 Å². The Morgan fingerprint density at radius 1 is 1.11 bits per heavy atom. The van der Waals surface area contributed by atoms with Crippen LogP contribution in [0.4, 0.5) is 0 Å². The number of ether oxygens (including phenoxy) is 1. The van der Waals surface area contributed by atoms with Crippen molar-refractivity contribution >= 4 is 5.91 Å². The van der Waals surface area contributed by atoms with Crippen LogP contribution in [0, 0.1) is 6.92 Å². The van der Waals surface area contributed by atoms with E-state index >= 15 is 0 Å². The van der Waals surface area contributed by atoms with Crippen molar-refractivity contribution in [2.75, 3.05) is 45.9 Å². The van der Waals surface area contributed by atoms with Gasteiger partial charge in [-0.25, -0.2) is 0 Å². The summed E-state index contributed by atoms with van der Waals surface area (Å²) < 4.78 is 11.4. The highest BCUT2D eigenvalue weighted by Crippen LogP contribution is 2.42. The summed E-state index contributed by atoms with van der Waals surface area (Å²) in [4.78, 5) is 30.4. The minimum Gasteiger partial charge on any atom is -0.502 e. The number of carbonyl (C=O) groups excluding carboxylic acids is 1. The van der Waals surface area contributed by atoms with E-state index in [-0.39, 0.29) is 29.4 Å². The van der Waals surface area contributed by atoms with Crippen molar-refractivity contribution in [2.24, 2.45) is 0 Å². The van der Waals surface area contributed by atoms with E-state index in [1.54, 1.807) is 6.92 Å². The highest BCUT2D eigenvalue weighted by molar-refractivity contribution is 5.77. The molecule has 196 valence electrons. The molecule has 0 radical (unpaired) electrons. The lowest BCUT2D eigenvalue weighted by Gasteiger charge is -2.42. The lowest BCUT2D eigenvalue weighted by Crippen LogP contribution is -2.55. The molecule has 0 saturated carbocycles. The van der Waals surface area contributed by atoms with Crippen molar-refractivity contribution in [2.45, 2.75) is 57.5 Å². The van der Waals surface area contributed by atoms with Crippen molar-refractivity contribution < 1.29 is 19.1 Å². The van der Waals surface area contributed by atoms with Crippen LogP contribution in [0.1, 0.15) is 50.2 Å². The fourth-order valence-corrected chi connectivity index (χ4v) is 5.39. The van der Waals surface area contributed by atoms with Gasteiger partial charge < -0.3 is 19.6 Å². The molecule has 0 aliphatic carbocycles. The molecule has 2 aromatic rings. The first-order chi connectivity index (χ1) is 17.2. The molecule has 2 fully saturated rings. The van der Waals surface area contributed by atoms with Crippen molar-refractivity contribution in [1.82, 2.24) is 15.1 Å². The number of hydrogen-bond donors (Lipinski definition) is 2. The van der Waals surface area contributed by atoms with E-state index in [2.05, 4.69) is 41.1 Å². The van der Waals surface area contributed by atoms with Gasteiger partial charge in [-0.05, 0) is 52.3 Å². The molecule has 1 amide bonds. The third-order valence-corrected chi connectivity index (χ3v) is 7.67. The van der Waals surface area contributed by atoms with E-state index < -0.39 is 10.8 Å². The van der Waals surface area contributed by atoms with Gasteiger partial charge in [0, 0.05) is 49.6 Å². The predicted octanol–water partition coefficient (Wildman–Crippen LogP) is 2.80. The number of nitrogens with zero attached hydrogens (tertiary/aromatic N) is 2. The molecule has 3 heterocycles. The van der Waals surface area contributed by atoms with E-state index in [1.165, 1.54) is 11.6 Å². The van der Waals surface area contributed by atoms with Gasteiger partial charge in [-0.1, -0.05) is 30.3 Å². The van der Waals surface area contributed by atoms with Crippen LogP contribution in [0.2, 0.25) is 0 Å². The quantitative estimate of drug-likeness (QED) is 0.579. The summed E-state index contributed by atoms with van der Waals surface area (Å²) in [6.45, 7) is 11.8. The number of morpholine rings is 1. The zero-order valence-corrected chi connectivity index (χ0v) is 21.7. The number of carbonyl (C=O) groups is 1. The van der Waals surface area contributed by atoms with Crippen molar-refractivity contribution in [1.29, 1.82) is 0 Å². The molecule has 1 aromatic carbocycles. The van der Waals surface area contributed by atoms with E-state index in [0.717, 1.165) is 32.7 Å². The van der Waals surface area contributed by atoms with E-state index in [9.17, 15) is 14.7 Å². The van der Waals surface area contributed by atoms with Crippen LogP contribution in [0.3, 0.4) is 0 Å². The zero-order valence-electron chi connectivity index (χ0n) is 21.7. The summed E-state index contributed by atoms with van der Waals surface area (Å²) >= 11 is 0. The van der Waals surface area contributed by atoms with Gasteiger partial charge in [0.15, 0.2) is 5.76 Å². The van der Waals surface area contributed by atoms with Crippen LogP contribution < -0.4 is 10.7 Å². The number of rotatable bonds is 8. The van der Waals surface area contributed by atoms with Gasteiger partial charge in [-0.3, -0.25) is 19.4 Å². The first-order valence-electron chi connectivity index (χ1n) is 12.9. The van der Waals surface area contributed by atoms with Crippen LogP contribution in [-0.2, 0) is 21.5 Å². The van der Waals surface area contributed by atoms with Crippen molar-refractivity contribution in [3.05, 3.63) is 63.7 Å². The molecule has 0 atom stereocenters. The number of aryl methyl sites for hydroxylation is 1. The SMILES string of the molecule is Cc1cc(=O)c(O)c(C2(CC(=O)NCC(C)(C)N3CCOCC3)CCN(Cc3ccccc3)CC2)o1. The second-order valence-corrected chi connectivity index (χ2v) is 10.8. The van der Waals surface area contributed by atoms with Crippen LogP contribution in [-0.4, -0.2) is 72.3 Å². The first kappa shape index (κ1) is 26.4. The number of amides is 1. The summed E-state index contributed by atoms with van der Waals surface area (Å²) in [7, 11) is 0. The molecule has 1 aromatic heterocycles. The van der Waals surface area contributed by atoms with E-state index in [4.69, 9.17) is 9.15 Å².